The number of halogens is 1. The molecule has 1 atom stereocenters. The molecule has 4 aromatic rings. The maximum Gasteiger partial charge on any atom is 0.333 e. The van der Waals surface area contributed by atoms with Crippen LogP contribution in [0, 0.1) is 12.7 Å². The van der Waals surface area contributed by atoms with Gasteiger partial charge < -0.3 is 14.6 Å². The molecular weight excluding hydrogens is 583 g/mol. The van der Waals surface area contributed by atoms with Crippen molar-refractivity contribution in [2.75, 3.05) is 20.3 Å². The number of benzene rings is 1. The molecule has 0 unspecified atom stereocenters. The molecule has 0 bridgehead atoms. The summed E-state index contributed by atoms with van der Waals surface area (Å²) in [5.41, 5.74) is -2.62. The fourth-order valence-electron chi connectivity index (χ4n) is 4.76. The first-order chi connectivity index (χ1) is 20.3. The number of aryl methyl sites for hydroxylation is 1. The van der Waals surface area contributed by atoms with E-state index in [-0.39, 0.29) is 36.4 Å². The van der Waals surface area contributed by atoms with E-state index in [1.54, 1.807) is 20.8 Å². The SMILES string of the molecule is COc1ccc(F)cc1[C@H](Cn1c(=O)n(C(C)(C)C(=O)N(O)C(C)C)c(=O)c2c(C)c(-n3nccn3)sc21)OCCCO. The van der Waals surface area contributed by atoms with Gasteiger partial charge in [0.25, 0.3) is 11.5 Å². The van der Waals surface area contributed by atoms with E-state index >= 15 is 0 Å². The van der Waals surface area contributed by atoms with E-state index in [2.05, 4.69) is 10.2 Å². The first kappa shape index (κ1) is 32.0. The van der Waals surface area contributed by atoms with E-state index in [1.165, 1.54) is 60.9 Å². The highest BCUT2D eigenvalue weighted by Crippen LogP contribution is 2.34. The number of aliphatic hydroxyl groups excluding tert-OH is 1. The molecule has 13 nitrogen and oxygen atoms in total. The zero-order valence-corrected chi connectivity index (χ0v) is 25.6. The Morgan fingerprint density at radius 1 is 1.21 bits per heavy atom. The summed E-state index contributed by atoms with van der Waals surface area (Å²) in [6.45, 7) is 7.31. The monoisotopic (exact) mass is 618 g/mol. The number of hydrogen-bond donors (Lipinski definition) is 2. The number of aliphatic hydroxyl groups is 1. The standard InChI is InChI=1S/C28H35FN6O7S/c1-16(2)34(40)26(38)28(4,5)33-23(37)22-17(3)24(35-30-10-11-31-35)43-25(22)32(27(33)39)15-21(42-13-7-12-36)19-14-18(29)8-9-20(19)41-6/h8-11,14,16,21,36,40H,7,12-13,15H2,1-6H3/t21-/m0/s1. The summed E-state index contributed by atoms with van der Waals surface area (Å²) in [5.74, 6) is -1.12. The van der Waals surface area contributed by atoms with Crippen LogP contribution in [0.5, 0.6) is 5.75 Å². The predicted molar refractivity (Wildman–Crippen MR) is 156 cm³/mol. The highest BCUT2D eigenvalue weighted by atomic mass is 32.1. The Labute approximate surface area is 250 Å². The topological polar surface area (TPSA) is 154 Å². The molecule has 0 spiro atoms. The molecule has 0 aliphatic heterocycles. The van der Waals surface area contributed by atoms with Gasteiger partial charge in [0, 0.05) is 24.3 Å². The van der Waals surface area contributed by atoms with Crippen molar-refractivity contribution in [1.82, 2.24) is 29.2 Å². The van der Waals surface area contributed by atoms with Gasteiger partial charge in [-0.2, -0.15) is 10.2 Å². The molecule has 4 rings (SSSR count). The quantitative estimate of drug-likeness (QED) is 0.139. The lowest BCUT2D eigenvalue weighted by molar-refractivity contribution is -0.182. The van der Waals surface area contributed by atoms with E-state index in [0.29, 0.717) is 26.9 Å². The molecule has 232 valence electrons. The molecule has 3 heterocycles. The van der Waals surface area contributed by atoms with Crippen molar-refractivity contribution < 1.29 is 29.0 Å². The van der Waals surface area contributed by atoms with Gasteiger partial charge in [0.2, 0.25) is 0 Å². The van der Waals surface area contributed by atoms with Crippen molar-refractivity contribution in [1.29, 1.82) is 0 Å². The molecule has 0 fully saturated rings. The number of fused-ring (bicyclic) bond motifs is 1. The highest BCUT2D eigenvalue weighted by Gasteiger charge is 2.39. The van der Waals surface area contributed by atoms with E-state index in [0.717, 1.165) is 15.9 Å². The zero-order valence-electron chi connectivity index (χ0n) is 24.8. The number of hydrogen-bond acceptors (Lipinski definition) is 10. The molecule has 43 heavy (non-hydrogen) atoms. The average Bonchev–Trinajstić information content (AvgIpc) is 3.61. The number of amides is 1. The number of carbonyl (C=O) groups is 1. The molecule has 3 aromatic heterocycles. The van der Waals surface area contributed by atoms with Crippen LogP contribution in [0.15, 0.2) is 40.2 Å². The van der Waals surface area contributed by atoms with Crippen molar-refractivity contribution in [3.8, 4) is 10.8 Å². The van der Waals surface area contributed by atoms with Crippen LogP contribution in [0.25, 0.3) is 15.2 Å². The number of ether oxygens (including phenoxy) is 2. The zero-order chi connectivity index (χ0) is 31.6. The summed E-state index contributed by atoms with van der Waals surface area (Å²) in [6.07, 6.45) is 2.25. The van der Waals surface area contributed by atoms with E-state index in [4.69, 9.17) is 9.47 Å². The number of nitrogens with zero attached hydrogens (tertiary/aromatic N) is 6. The second kappa shape index (κ2) is 12.8. The molecule has 1 amide bonds. The molecule has 0 saturated heterocycles. The molecule has 0 aliphatic rings. The van der Waals surface area contributed by atoms with Gasteiger partial charge in [-0.05, 0) is 59.2 Å². The summed E-state index contributed by atoms with van der Waals surface area (Å²) < 4.78 is 28.1. The minimum absolute atomic E-state index is 0.0716. The smallest absolute Gasteiger partial charge is 0.333 e. The van der Waals surface area contributed by atoms with Gasteiger partial charge in [-0.1, -0.05) is 11.3 Å². The second-order valence-electron chi connectivity index (χ2n) is 10.7. The Bertz CT molecular complexity index is 1730. The van der Waals surface area contributed by atoms with Crippen LogP contribution in [0.1, 0.15) is 51.3 Å². The summed E-state index contributed by atoms with van der Waals surface area (Å²) in [6, 6.07) is 3.28. The summed E-state index contributed by atoms with van der Waals surface area (Å²) in [7, 11) is 1.42. The lowest BCUT2D eigenvalue weighted by Crippen LogP contribution is -2.57. The third kappa shape index (κ3) is 5.98. The van der Waals surface area contributed by atoms with Crippen LogP contribution in [-0.2, 0) is 21.6 Å². The number of methoxy groups -OCH3 is 1. The molecule has 15 heteroatoms. The molecule has 0 radical (unpaired) electrons. The number of rotatable bonds is 12. The molecule has 0 aliphatic carbocycles. The largest absolute Gasteiger partial charge is 0.496 e. The molecule has 1 aromatic carbocycles. The van der Waals surface area contributed by atoms with Gasteiger partial charge in [0.1, 0.15) is 33.0 Å². The number of hydroxylamine groups is 2. The lowest BCUT2D eigenvalue weighted by atomic mass is 10.0. The Kier molecular flexibility index (Phi) is 9.49. The summed E-state index contributed by atoms with van der Waals surface area (Å²) in [4.78, 5) is 43.4. The van der Waals surface area contributed by atoms with Crippen molar-refractivity contribution in [2.24, 2.45) is 0 Å². The number of aromatic nitrogens is 5. The number of carbonyl (C=O) groups excluding carboxylic acids is 1. The summed E-state index contributed by atoms with van der Waals surface area (Å²) in [5, 5.41) is 29.3. The van der Waals surface area contributed by atoms with Crippen molar-refractivity contribution in [3.05, 3.63) is 68.4 Å². The van der Waals surface area contributed by atoms with Crippen LogP contribution in [0.2, 0.25) is 0 Å². The minimum Gasteiger partial charge on any atom is -0.496 e. The van der Waals surface area contributed by atoms with Crippen molar-refractivity contribution >= 4 is 27.5 Å². The van der Waals surface area contributed by atoms with Gasteiger partial charge in [-0.25, -0.2) is 18.8 Å². The highest BCUT2D eigenvalue weighted by molar-refractivity contribution is 7.21. The van der Waals surface area contributed by atoms with Crippen LogP contribution in [0.3, 0.4) is 0 Å². The normalized spacial score (nSPS) is 12.7. The second-order valence-corrected chi connectivity index (χ2v) is 11.7. The van der Waals surface area contributed by atoms with Gasteiger partial charge in [-0.15, -0.1) is 4.80 Å². The fourth-order valence-corrected chi connectivity index (χ4v) is 5.98. The maximum atomic E-state index is 14.5. The Balaban J connectivity index is 2.03. The van der Waals surface area contributed by atoms with Crippen molar-refractivity contribution in [2.45, 2.75) is 65.3 Å². The van der Waals surface area contributed by atoms with Crippen LogP contribution >= 0.6 is 11.3 Å². The Morgan fingerprint density at radius 2 is 1.88 bits per heavy atom. The van der Waals surface area contributed by atoms with Crippen LogP contribution in [-0.4, -0.2) is 71.8 Å². The maximum absolute atomic E-state index is 14.5. The Hall–Kier alpha value is -3.92. The third-order valence-electron chi connectivity index (χ3n) is 7.08. The van der Waals surface area contributed by atoms with Crippen LogP contribution in [0.4, 0.5) is 4.39 Å². The predicted octanol–water partition coefficient (Wildman–Crippen LogP) is 2.76. The lowest BCUT2D eigenvalue weighted by Gasteiger charge is -2.31. The number of thiophene rings is 1. The molecular formula is C28H35FN6O7S. The van der Waals surface area contributed by atoms with E-state index in [9.17, 15) is 29.1 Å². The van der Waals surface area contributed by atoms with Gasteiger partial charge in [0.05, 0.1) is 37.5 Å². The average molecular weight is 619 g/mol. The van der Waals surface area contributed by atoms with Crippen molar-refractivity contribution in [3.63, 3.8) is 0 Å². The third-order valence-corrected chi connectivity index (χ3v) is 8.36. The minimum atomic E-state index is -1.81. The fraction of sp³-hybridized carbons (Fsp3) is 0.464. The van der Waals surface area contributed by atoms with Gasteiger partial charge in [-0.3, -0.25) is 19.4 Å². The molecule has 2 N–H and O–H groups in total. The molecule has 0 saturated carbocycles. The van der Waals surface area contributed by atoms with Crippen LogP contribution < -0.4 is 16.0 Å². The summed E-state index contributed by atoms with van der Waals surface area (Å²) >= 11 is 1.10. The Morgan fingerprint density at radius 3 is 2.49 bits per heavy atom. The van der Waals surface area contributed by atoms with Gasteiger partial charge in [0.15, 0.2) is 0 Å². The first-order valence-corrected chi connectivity index (χ1v) is 14.4. The van der Waals surface area contributed by atoms with Gasteiger partial charge >= 0.3 is 5.69 Å². The van der Waals surface area contributed by atoms with E-state index < -0.39 is 40.7 Å². The van der Waals surface area contributed by atoms with E-state index in [1.807, 2.05) is 0 Å². The first-order valence-electron chi connectivity index (χ1n) is 13.6.